The topological polar surface area (TPSA) is 46.2 Å². The van der Waals surface area contributed by atoms with Gasteiger partial charge in [-0.25, -0.2) is 0 Å². The number of benzene rings is 2. The van der Waals surface area contributed by atoms with Crippen LogP contribution in [0.25, 0.3) is 0 Å². The summed E-state index contributed by atoms with van der Waals surface area (Å²) in [6, 6.07) is 13.0. The van der Waals surface area contributed by atoms with Crippen LogP contribution in [0.5, 0.6) is 0 Å². The van der Waals surface area contributed by atoms with Gasteiger partial charge in [-0.3, -0.25) is 9.59 Å². The molecule has 0 aliphatic carbocycles. The van der Waals surface area contributed by atoms with E-state index in [1.165, 1.54) is 11.6 Å². The predicted octanol–water partition coefficient (Wildman–Crippen LogP) is 3.61. The van der Waals surface area contributed by atoms with Gasteiger partial charge in [0, 0.05) is 23.2 Å². The molecule has 0 saturated carbocycles. The average Bonchev–Trinajstić information content (AvgIpc) is 2.51. The number of nitrogens with one attached hydrogen (secondary N) is 1. The van der Waals surface area contributed by atoms with Crippen LogP contribution in [0.15, 0.2) is 54.1 Å². The Morgan fingerprint density at radius 3 is 2.50 bits per heavy atom. The minimum Gasteiger partial charge on any atom is -0.322 e. The average molecular weight is 291 g/mol. The van der Waals surface area contributed by atoms with Crippen LogP contribution >= 0.6 is 0 Å². The third-order valence-electron chi connectivity index (χ3n) is 4.00. The molecule has 110 valence electrons. The SMILES string of the molecule is Cc1cc2c(cc1C)NC(=O)/C(=C/C(=O)c1ccccc1)C2. The maximum atomic E-state index is 12.2. The number of hydrogen-bond acceptors (Lipinski definition) is 2. The molecule has 1 heterocycles. The lowest BCUT2D eigenvalue weighted by Crippen LogP contribution is -2.23. The Morgan fingerprint density at radius 2 is 1.77 bits per heavy atom. The molecule has 2 aromatic rings. The van der Waals surface area contributed by atoms with Crippen molar-refractivity contribution in [2.45, 2.75) is 20.3 Å². The summed E-state index contributed by atoms with van der Waals surface area (Å²) in [5.41, 5.74) is 5.32. The number of carbonyl (C=O) groups excluding carboxylic acids is 2. The minimum absolute atomic E-state index is 0.141. The number of anilines is 1. The monoisotopic (exact) mass is 291 g/mol. The van der Waals surface area contributed by atoms with E-state index in [9.17, 15) is 9.59 Å². The molecule has 0 bridgehead atoms. The van der Waals surface area contributed by atoms with E-state index >= 15 is 0 Å². The first kappa shape index (κ1) is 14.3. The van der Waals surface area contributed by atoms with E-state index < -0.39 is 0 Å². The number of allylic oxidation sites excluding steroid dienone is 1. The van der Waals surface area contributed by atoms with E-state index in [4.69, 9.17) is 0 Å². The molecule has 0 spiro atoms. The first-order valence-electron chi connectivity index (χ1n) is 7.26. The van der Waals surface area contributed by atoms with E-state index in [-0.39, 0.29) is 11.7 Å². The first-order valence-corrected chi connectivity index (χ1v) is 7.26. The van der Waals surface area contributed by atoms with Gasteiger partial charge in [-0.15, -0.1) is 0 Å². The summed E-state index contributed by atoms with van der Waals surface area (Å²) in [6.45, 7) is 4.07. The van der Waals surface area contributed by atoms with Crippen molar-refractivity contribution in [2.75, 3.05) is 5.32 Å². The molecular weight excluding hydrogens is 274 g/mol. The summed E-state index contributed by atoms with van der Waals surface area (Å²) in [5.74, 6) is -0.335. The van der Waals surface area contributed by atoms with Crippen molar-refractivity contribution in [1.29, 1.82) is 0 Å². The summed E-state index contributed by atoms with van der Waals surface area (Å²) in [4.78, 5) is 24.4. The molecule has 1 aliphatic heterocycles. The highest BCUT2D eigenvalue weighted by molar-refractivity contribution is 6.14. The molecular formula is C19H17NO2. The van der Waals surface area contributed by atoms with Crippen molar-refractivity contribution in [3.8, 4) is 0 Å². The summed E-state index contributed by atoms with van der Waals surface area (Å²) in [6.07, 6.45) is 1.93. The van der Waals surface area contributed by atoms with Crippen molar-refractivity contribution in [2.24, 2.45) is 0 Å². The third kappa shape index (κ3) is 2.70. The number of hydrogen-bond donors (Lipinski definition) is 1. The van der Waals surface area contributed by atoms with Crippen molar-refractivity contribution in [1.82, 2.24) is 0 Å². The zero-order chi connectivity index (χ0) is 15.7. The number of aryl methyl sites for hydroxylation is 2. The highest BCUT2D eigenvalue weighted by Crippen LogP contribution is 2.28. The Balaban J connectivity index is 1.93. The maximum Gasteiger partial charge on any atom is 0.252 e. The van der Waals surface area contributed by atoms with Gasteiger partial charge in [0.2, 0.25) is 0 Å². The number of fused-ring (bicyclic) bond motifs is 1. The van der Waals surface area contributed by atoms with Crippen LogP contribution in [-0.4, -0.2) is 11.7 Å². The quantitative estimate of drug-likeness (QED) is 0.678. The Morgan fingerprint density at radius 1 is 1.09 bits per heavy atom. The zero-order valence-electron chi connectivity index (χ0n) is 12.6. The molecule has 3 heteroatoms. The highest BCUT2D eigenvalue weighted by Gasteiger charge is 2.21. The Kier molecular flexibility index (Phi) is 3.63. The van der Waals surface area contributed by atoms with Gasteiger partial charge in [0.1, 0.15) is 0 Å². The fraction of sp³-hybridized carbons (Fsp3) is 0.158. The van der Waals surface area contributed by atoms with Crippen LogP contribution in [0.3, 0.4) is 0 Å². The zero-order valence-corrected chi connectivity index (χ0v) is 12.6. The van der Waals surface area contributed by atoms with Gasteiger partial charge in [-0.2, -0.15) is 0 Å². The van der Waals surface area contributed by atoms with Crippen LogP contribution in [-0.2, 0) is 11.2 Å². The smallest absolute Gasteiger partial charge is 0.252 e. The number of amides is 1. The molecule has 0 aromatic heterocycles. The van der Waals surface area contributed by atoms with E-state index in [0.717, 1.165) is 16.8 Å². The highest BCUT2D eigenvalue weighted by atomic mass is 16.2. The fourth-order valence-electron chi connectivity index (χ4n) is 2.59. The molecule has 3 nitrogen and oxygen atoms in total. The van der Waals surface area contributed by atoms with Gasteiger partial charge < -0.3 is 5.32 Å². The standard InChI is InChI=1S/C19H17NO2/c1-12-8-15-10-16(19(22)20-17(15)9-13(12)2)11-18(21)14-6-4-3-5-7-14/h3-9,11H,10H2,1-2H3,(H,20,22)/b16-11+. The van der Waals surface area contributed by atoms with Crippen molar-refractivity contribution < 1.29 is 9.59 Å². The molecule has 1 N–H and O–H groups in total. The number of ketones is 1. The van der Waals surface area contributed by atoms with Crippen LogP contribution in [0.2, 0.25) is 0 Å². The molecule has 2 aromatic carbocycles. The molecule has 1 aliphatic rings. The van der Waals surface area contributed by atoms with E-state index in [2.05, 4.69) is 11.4 Å². The molecule has 0 saturated heterocycles. The molecule has 0 radical (unpaired) electrons. The number of carbonyl (C=O) groups is 2. The lowest BCUT2D eigenvalue weighted by molar-refractivity contribution is -0.113. The summed E-state index contributed by atoms with van der Waals surface area (Å²) < 4.78 is 0. The van der Waals surface area contributed by atoms with E-state index in [0.29, 0.717) is 17.6 Å². The van der Waals surface area contributed by atoms with Crippen molar-refractivity contribution in [3.05, 3.63) is 76.4 Å². The second kappa shape index (κ2) is 5.60. The van der Waals surface area contributed by atoms with Gasteiger partial charge in [0.25, 0.3) is 5.91 Å². The summed E-state index contributed by atoms with van der Waals surface area (Å²) in [5, 5.41) is 2.88. The summed E-state index contributed by atoms with van der Waals surface area (Å²) in [7, 11) is 0. The molecule has 1 amide bonds. The normalized spacial score (nSPS) is 15.4. The lowest BCUT2D eigenvalue weighted by Gasteiger charge is -2.20. The summed E-state index contributed by atoms with van der Waals surface area (Å²) >= 11 is 0. The Labute approximate surface area is 129 Å². The predicted molar refractivity (Wildman–Crippen MR) is 87.1 cm³/mol. The second-order valence-corrected chi connectivity index (χ2v) is 5.62. The van der Waals surface area contributed by atoms with Crippen LogP contribution in [0.4, 0.5) is 5.69 Å². The largest absolute Gasteiger partial charge is 0.322 e. The molecule has 0 atom stereocenters. The van der Waals surface area contributed by atoms with Gasteiger partial charge in [0.15, 0.2) is 5.78 Å². The van der Waals surface area contributed by atoms with Gasteiger partial charge in [-0.05, 0) is 42.7 Å². The van der Waals surface area contributed by atoms with Crippen LogP contribution in [0.1, 0.15) is 27.0 Å². The lowest BCUT2D eigenvalue weighted by atomic mass is 9.93. The van der Waals surface area contributed by atoms with Gasteiger partial charge in [0.05, 0.1) is 0 Å². The fourth-order valence-corrected chi connectivity index (χ4v) is 2.59. The minimum atomic E-state index is -0.194. The molecule has 0 fully saturated rings. The Hall–Kier alpha value is -2.68. The van der Waals surface area contributed by atoms with Crippen LogP contribution < -0.4 is 5.32 Å². The third-order valence-corrected chi connectivity index (χ3v) is 4.00. The van der Waals surface area contributed by atoms with Crippen LogP contribution in [0, 0.1) is 13.8 Å². The molecule has 0 unspecified atom stereocenters. The maximum absolute atomic E-state index is 12.2. The van der Waals surface area contributed by atoms with Gasteiger partial charge >= 0.3 is 0 Å². The van der Waals surface area contributed by atoms with Crippen molar-refractivity contribution >= 4 is 17.4 Å². The first-order chi connectivity index (χ1) is 10.5. The van der Waals surface area contributed by atoms with Crippen molar-refractivity contribution in [3.63, 3.8) is 0 Å². The second-order valence-electron chi connectivity index (χ2n) is 5.62. The van der Waals surface area contributed by atoms with E-state index in [1.807, 2.05) is 38.1 Å². The molecule has 22 heavy (non-hydrogen) atoms. The van der Waals surface area contributed by atoms with Gasteiger partial charge in [-0.1, -0.05) is 36.4 Å². The number of rotatable bonds is 2. The molecule has 3 rings (SSSR count). The van der Waals surface area contributed by atoms with E-state index in [1.54, 1.807) is 12.1 Å². The Bertz CT molecular complexity index is 789.